The molecule has 0 aromatic heterocycles. The van der Waals surface area contributed by atoms with E-state index in [2.05, 4.69) is 4.72 Å². The highest BCUT2D eigenvalue weighted by atomic mass is 32.2. The van der Waals surface area contributed by atoms with Crippen molar-refractivity contribution < 1.29 is 17.6 Å². The van der Waals surface area contributed by atoms with Gasteiger partial charge in [-0.05, 0) is 62.2 Å². The van der Waals surface area contributed by atoms with Crippen LogP contribution in [0.5, 0.6) is 0 Å². The third-order valence-electron chi connectivity index (χ3n) is 4.31. The van der Waals surface area contributed by atoms with E-state index in [1.807, 2.05) is 13.8 Å². The van der Waals surface area contributed by atoms with Crippen LogP contribution in [0.1, 0.15) is 43.1 Å². The fraction of sp³-hybridized carbons (Fsp3) is 0.350. The smallest absolute Gasteiger partial charge is 0.254 e. The molecule has 1 unspecified atom stereocenters. The molecule has 2 aromatic rings. The minimum absolute atomic E-state index is 0.118. The Balaban J connectivity index is 2.16. The summed E-state index contributed by atoms with van der Waals surface area (Å²) in [4.78, 5) is 14.4. The Morgan fingerprint density at radius 1 is 1.15 bits per heavy atom. The summed E-state index contributed by atoms with van der Waals surface area (Å²) in [5, 5.41) is 0. The first-order valence-corrected chi connectivity index (χ1v) is 10.4. The molecule has 1 amide bonds. The number of sulfonamides is 1. The summed E-state index contributed by atoms with van der Waals surface area (Å²) in [6, 6.07) is 11.8. The van der Waals surface area contributed by atoms with E-state index in [-0.39, 0.29) is 29.2 Å². The molecular formula is C20H25FN2O3S. The molecule has 0 spiro atoms. The van der Waals surface area contributed by atoms with Crippen molar-refractivity contribution in [1.82, 2.24) is 9.62 Å². The van der Waals surface area contributed by atoms with Gasteiger partial charge in [-0.3, -0.25) is 4.79 Å². The SMILES string of the molecule is CCC(C)NS(=O)(=O)c1ccc(C(=O)N(CC)Cc2cccc(F)c2)cc1. The van der Waals surface area contributed by atoms with E-state index < -0.39 is 10.0 Å². The second kappa shape index (κ2) is 9.10. The van der Waals surface area contributed by atoms with E-state index in [9.17, 15) is 17.6 Å². The lowest BCUT2D eigenvalue weighted by Gasteiger charge is -2.21. The number of halogens is 1. The summed E-state index contributed by atoms with van der Waals surface area (Å²) >= 11 is 0. The topological polar surface area (TPSA) is 66.5 Å². The van der Waals surface area contributed by atoms with Gasteiger partial charge in [0.05, 0.1) is 4.90 Å². The van der Waals surface area contributed by atoms with Gasteiger partial charge in [0, 0.05) is 24.7 Å². The number of carbonyl (C=O) groups excluding carboxylic acids is 1. The Bertz CT molecular complexity index is 882. The van der Waals surface area contributed by atoms with Gasteiger partial charge in [-0.25, -0.2) is 17.5 Å². The summed E-state index contributed by atoms with van der Waals surface area (Å²) in [6.45, 7) is 6.26. The molecule has 5 nitrogen and oxygen atoms in total. The number of carbonyl (C=O) groups is 1. The average molecular weight is 392 g/mol. The number of nitrogens with zero attached hydrogens (tertiary/aromatic N) is 1. The van der Waals surface area contributed by atoms with E-state index in [0.717, 1.165) is 0 Å². The minimum atomic E-state index is -3.61. The molecule has 2 aromatic carbocycles. The molecule has 0 fully saturated rings. The second-order valence-electron chi connectivity index (χ2n) is 6.40. The van der Waals surface area contributed by atoms with Gasteiger partial charge in [-0.15, -0.1) is 0 Å². The fourth-order valence-corrected chi connectivity index (χ4v) is 3.89. The lowest BCUT2D eigenvalue weighted by atomic mass is 10.1. The van der Waals surface area contributed by atoms with E-state index >= 15 is 0 Å². The largest absolute Gasteiger partial charge is 0.335 e. The lowest BCUT2D eigenvalue weighted by molar-refractivity contribution is 0.0752. The van der Waals surface area contributed by atoms with Crippen molar-refractivity contribution in [3.63, 3.8) is 0 Å². The first-order valence-electron chi connectivity index (χ1n) is 8.93. The van der Waals surface area contributed by atoms with Crippen LogP contribution in [0.25, 0.3) is 0 Å². The van der Waals surface area contributed by atoms with Gasteiger partial charge in [0.1, 0.15) is 5.82 Å². The fourth-order valence-electron chi connectivity index (χ4n) is 2.56. The number of hydrogen-bond acceptors (Lipinski definition) is 3. The highest BCUT2D eigenvalue weighted by Gasteiger charge is 2.19. The molecule has 0 aliphatic carbocycles. The van der Waals surface area contributed by atoms with Gasteiger partial charge in [-0.1, -0.05) is 19.1 Å². The van der Waals surface area contributed by atoms with Gasteiger partial charge in [0.15, 0.2) is 0 Å². The first kappa shape index (κ1) is 21.1. The van der Waals surface area contributed by atoms with Crippen LogP contribution in [0.3, 0.4) is 0 Å². The molecular weight excluding hydrogens is 367 g/mol. The number of nitrogens with one attached hydrogen (secondary N) is 1. The number of rotatable bonds is 8. The zero-order valence-electron chi connectivity index (χ0n) is 15.8. The summed E-state index contributed by atoms with van der Waals surface area (Å²) in [6.07, 6.45) is 0.682. The van der Waals surface area contributed by atoms with Crippen molar-refractivity contribution >= 4 is 15.9 Å². The first-order chi connectivity index (χ1) is 12.8. The molecule has 27 heavy (non-hydrogen) atoms. The Kier molecular flexibility index (Phi) is 7.10. The van der Waals surface area contributed by atoms with Crippen LogP contribution in [0.4, 0.5) is 4.39 Å². The van der Waals surface area contributed by atoms with Gasteiger partial charge in [-0.2, -0.15) is 0 Å². The van der Waals surface area contributed by atoms with Gasteiger partial charge in [0.2, 0.25) is 10.0 Å². The molecule has 1 N–H and O–H groups in total. The summed E-state index contributed by atoms with van der Waals surface area (Å²) in [7, 11) is -3.61. The molecule has 1 atom stereocenters. The maximum atomic E-state index is 13.4. The molecule has 2 rings (SSSR count). The van der Waals surface area contributed by atoms with Gasteiger partial charge >= 0.3 is 0 Å². The van der Waals surface area contributed by atoms with E-state index in [1.54, 1.807) is 24.0 Å². The van der Waals surface area contributed by atoms with E-state index in [4.69, 9.17) is 0 Å². The van der Waals surface area contributed by atoms with Crippen molar-refractivity contribution in [2.45, 2.75) is 44.7 Å². The molecule has 0 aliphatic rings. The van der Waals surface area contributed by atoms with Crippen molar-refractivity contribution in [3.05, 3.63) is 65.5 Å². The number of benzene rings is 2. The average Bonchev–Trinajstić information content (AvgIpc) is 2.65. The van der Waals surface area contributed by atoms with Crippen LogP contribution < -0.4 is 4.72 Å². The molecule has 0 heterocycles. The standard InChI is InChI=1S/C20H25FN2O3S/c1-4-15(3)22-27(25,26)19-11-9-17(10-12-19)20(24)23(5-2)14-16-7-6-8-18(21)13-16/h6-13,15,22H,4-5,14H2,1-3H3. The predicted octanol–water partition coefficient (Wildman–Crippen LogP) is 3.56. The Morgan fingerprint density at radius 3 is 2.37 bits per heavy atom. The predicted molar refractivity (Wildman–Crippen MR) is 103 cm³/mol. The zero-order chi connectivity index (χ0) is 20.0. The molecule has 0 saturated heterocycles. The third kappa shape index (κ3) is 5.61. The maximum Gasteiger partial charge on any atom is 0.254 e. The molecule has 0 aliphatic heterocycles. The lowest BCUT2D eigenvalue weighted by Crippen LogP contribution is -2.32. The molecule has 0 saturated carbocycles. The van der Waals surface area contributed by atoms with Crippen LogP contribution >= 0.6 is 0 Å². The van der Waals surface area contributed by atoms with Gasteiger partial charge in [0.25, 0.3) is 5.91 Å². The van der Waals surface area contributed by atoms with Crippen molar-refractivity contribution in [2.75, 3.05) is 6.54 Å². The monoisotopic (exact) mass is 392 g/mol. The van der Waals surface area contributed by atoms with Crippen molar-refractivity contribution in [2.24, 2.45) is 0 Å². The summed E-state index contributed by atoms with van der Waals surface area (Å²) < 4.78 is 40.5. The van der Waals surface area contributed by atoms with Crippen molar-refractivity contribution in [1.29, 1.82) is 0 Å². The number of amides is 1. The Labute approximate surface area is 160 Å². The molecule has 0 bridgehead atoms. The molecule has 146 valence electrons. The zero-order valence-corrected chi connectivity index (χ0v) is 16.6. The quantitative estimate of drug-likeness (QED) is 0.747. The van der Waals surface area contributed by atoms with E-state index in [0.29, 0.717) is 24.1 Å². The van der Waals surface area contributed by atoms with E-state index in [1.165, 1.54) is 36.4 Å². The summed E-state index contributed by atoms with van der Waals surface area (Å²) in [5.74, 6) is -0.583. The normalized spacial score (nSPS) is 12.6. The Morgan fingerprint density at radius 2 is 1.81 bits per heavy atom. The maximum absolute atomic E-state index is 13.4. The third-order valence-corrected chi connectivity index (χ3v) is 5.92. The second-order valence-corrected chi connectivity index (χ2v) is 8.12. The van der Waals surface area contributed by atoms with Crippen LogP contribution in [0, 0.1) is 5.82 Å². The highest BCUT2D eigenvalue weighted by Crippen LogP contribution is 2.15. The van der Waals surface area contributed by atoms with Crippen LogP contribution in [-0.4, -0.2) is 31.8 Å². The molecule has 7 heteroatoms. The van der Waals surface area contributed by atoms with Crippen molar-refractivity contribution in [3.8, 4) is 0 Å². The van der Waals surface area contributed by atoms with Crippen LogP contribution in [0.15, 0.2) is 53.4 Å². The highest BCUT2D eigenvalue weighted by molar-refractivity contribution is 7.89. The van der Waals surface area contributed by atoms with Crippen LogP contribution in [0.2, 0.25) is 0 Å². The Hall–Kier alpha value is -2.25. The summed E-state index contributed by atoms with van der Waals surface area (Å²) in [5.41, 5.74) is 1.08. The molecule has 0 radical (unpaired) electrons. The number of hydrogen-bond donors (Lipinski definition) is 1. The van der Waals surface area contributed by atoms with Gasteiger partial charge < -0.3 is 4.90 Å². The van der Waals surface area contributed by atoms with Crippen LogP contribution in [-0.2, 0) is 16.6 Å². The minimum Gasteiger partial charge on any atom is -0.335 e.